The molecule has 5 nitrogen and oxygen atoms in total. The fourth-order valence-electron chi connectivity index (χ4n) is 1.77. The number of halogens is 1. The van der Waals surface area contributed by atoms with Crippen molar-refractivity contribution in [1.29, 1.82) is 0 Å². The Morgan fingerprint density at radius 1 is 1.42 bits per heavy atom. The van der Waals surface area contributed by atoms with Crippen molar-refractivity contribution in [3.05, 3.63) is 16.4 Å². The first-order chi connectivity index (χ1) is 8.88. The van der Waals surface area contributed by atoms with Crippen LogP contribution in [0.25, 0.3) is 0 Å². The summed E-state index contributed by atoms with van der Waals surface area (Å²) in [6.07, 6.45) is 0.872. The van der Waals surface area contributed by atoms with Crippen molar-refractivity contribution in [2.24, 2.45) is 7.05 Å². The number of aromatic nitrogens is 2. The fourth-order valence-corrected chi connectivity index (χ4v) is 1.99. The molecule has 0 fully saturated rings. The topological polar surface area (TPSA) is 58.9 Å². The lowest BCUT2D eigenvalue weighted by Crippen LogP contribution is -2.31. The summed E-state index contributed by atoms with van der Waals surface area (Å²) in [5.41, 5.74) is 1.24. The van der Waals surface area contributed by atoms with Crippen LogP contribution in [0, 0.1) is 0 Å². The molecule has 0 aliphatic heterocycles. The molecule has 0 aliphatic carbocycles. The predicted molar refractivity (Wildman–Crippen MR) is 77.8 cm³/mol. The van der Waals surface area contributed by atoms with E-state index in [1.54, 1.807) is 11.7 Å². The van der Waals surface area contributed by atoms with Crippen LogP contribution in [-0.4, -0.2) is 35.3 Å². The molecule has 108 valence electrons. The fraction of sp³-hybridized carbons (Fsp3) is 0.692. The van der Waals surface area contributed by atoms with Crippen molar-refractivity contribution in [2.45, 2.75) is 39.2 Å². The van der Waals surface area contributed by atoms with Crippen LogP contribution in [0.1, 0.15) is 49.2 Å². The second-order valence-corrected chi connectivity index (χ2v) is 5.42. The number of nitrogens with one attached hydrogen (secondary N) is 2. The molecule has 0 aliphatic rings. The number of aryl methyl sites for hydroxylation is 1. The van der Waals surface area contributed by atoms with Crippen LogP contribution in [0.2, 0.25) is 5.15 Å². The molecule has 0 radical (unpaired) electrons. The first-order valence-electron chi connectivity index (χ1n) is 6.56. The van der Waals surface area contributed by atoms with Gasteiger partial charge in [0.2, 0.25) is 0 Å². The van der Waals surface area contributed by atoms with Crippen molar-refractivity contribution in [3.8, 4) is 0 Å². The van der Waals surface area contributed by atoms with Crippen LogP contribution in [0.5, 0.6) is 0 Å². The number of amides is 1. The van der Waals surface area contributed by atoms with Crippen molar-refractivity contribution >= 4 is 17.5 Å². The molecule has 0 saturated heterocycles. The average Bonchev–Trinajstić information content (AvgIpc) is 2.65. The zero-order valence-corrected chi connectivity index (χ0v) is 13.0. The number of carbonyl (C=O) groups excluding carboxylic acids is 1. The van der Waals surface area contributed by atoms with Crippen LogP contribution in [0.3, 0.4) is 0 Å². The van der Waals surface area contributed by atoms with Crippen molar-refractivity contribution in [1.82, 2.24) is 20.4 Å². The van der Waals surface area contributed by atoms with E-state index in [-0.39, 0.29) is 11.8 Å². The van der Waals surface area contributed by atoms with Gasteiger partial charge in [0.15, 0.2) is 0 Å². The molecule has 1 amide bonds. The molecule has 0 saturated carbocycles. The van der Waals surface area contributed by atoms with E-state index in [2.05, 4.69) is 22.7 Å². The minimum absolute atomic E-state index is 0.148. The molecule has 19 heavy (non-hydrogen) atoms. The van der Waals surface area contributed by atoms with Gasteiger partial charge in [-0.1, -0.05) is 25.4 Å². The molecule has 1 rings (SSSR count). The highest BCUT2D eigenvalue weighted by atomic mass is 35.5. The van der Waals surface area contributed by atoms with Gasteiger partial charge in [-0.3, -0.25) is 9.48 Å². The molecule has 0 bridgehead atoms. The Balaban J connectivity index is 2.76. The predicted octanol–water partition coefficient (Wildman–Crippen LogP) is 1.92. The van der Waals surface area contributed by atoms with E-state index < -0.39 is 0 Å². The van der Waals surface area contributed by atoms with Gasteiger partial charge in [-0.25, -0.2) is 0 Å². The molecule has 0 spiro atoms. The quantitative estimate of drug-likeness (QED) is 0.840. The molecule has 1 heterocycles. The van der Waals surface area contributed by atoms with E-state index in [0.717, 1.165) is 12.1 Å². The summed E-state index contributed by atoms with van der Waals surface area (Å²) in [5.74, 6) is 0.0146. The number of nitrogens with zero attached hydrogens (tertiary/aromatic N) is 2. The molecule has 2 N–H and O–H groups in total. The van der Waals surface area contributed by atoms with E-state index in [4.69, 9.17) is 11.6 Å². The van der Waals surface area contributed by atoms with Crippen LogP contribution in [0.15, 0.2) is 0 Å². The maximum Gasteiger partial charge on any atom is 0.256 e. The van der Waals surface area contributed by atoms with E-state index >= 15 is 0 Å². The van der Waals surface area contributed by atoms with Crippen molar-refractivity contribution in [2.75, 3.05) is 13.6 Å². The number of hydrogen-bond acceptors (Lipinski definition) is 3. The lowest BCUT2D eigenvalue weighted by atomic mass is 10.1. The first kappa shape index (κ1) is 16.0. The van der Waals surface area contributed by atoms with Gasteiger partial charge in [0.1, 0.15) is 5.15 Å². The lowest BCUT2D eigenvalue weighted by Gasteiger charge is -2.11. The smallest absolute Gasteiger partial charge is 0.256 e. The monoisotopic (exact) mass is 286 g/mol. The zero-order chi connectivity index (χ0) is 14.6. The number of hydrogen-bond donors (Lipinski definition) is 2. The highest BCUT2D eigenvalue weighted by Crippen LogP contribution is 2.24. The molecule has 1 aromatic rings. The van der Waals surface area contributed by atoms with Crippen molar-refractivity contribution < 1.29 is 4.79 Å². The first-order valence-corrected chi connectivity index (χ1v) is 6.94. The lowest BCUT2D eigenvalue weighted by molar-refractivity contribution is 0.0951. The molecular formula is C13H23ClN4O. The van der Waals surface area contributed by atoms with E-state index in [9.17, 15) is 4.79 Å². The summed E-state index contributed by atoms with van der Waals surface area (Å²) >= 11 is 6.15. The highest BCUT2D eigenvalue weighted by Gasteiger charge is 2.23. The summed E-state index contributed by atoms with van der Waals surface area (Å²) < 4.78 is 1.54. The Morgan fingerprint density at radius 2 is 2.05 bits per heavy atom. The second-order valence-electron chi connectivity index (χ2n) is 5.06. The third-order valence-electron chi connectivity index (χ3n) is 3.13. The average molecular weight is 287 g/mol. The maximum atomic E-state index is 12.2. The van der Waals surface area contributed by atoms with Crippen LogP contribution < -0.4 is 10.6 Å². The Hall–Kier alpha value is -1.07. The van der Waals surface area contributed by atoms with Gasteiger partial charge >= 0.3 is 0 Å². The van der Waals surface area contributed by atoms with Crippen LogP contribution in [0.4, 0.5) is 0 Å². The molecule has 1 aromatic heterocycles. The molecule has 1 atom stereocenters. The molecular weight excluding hydrogens is 264 g/mol. The second kappa shape index (κ2) is 6.91. The van der Waals surface area contributed by atoms with E-state index in [0.29, 0.717) is 23.3 Å². The summed E-state index contributed by atoms with van der Waals surface area (Å²) in [6.45, 7) is 6.68. The Bertz CT molecular complexity index is 442. The Morgan fingerprint density at radius 3 is 2.58 bits per heavy atom. The summed E-state index contributed by atoms with van der Waals surface area (Å²) in [4.78, 5) is 12.2. The van der Waals surface area contributed by atoms with Crippen LogP contribution in [-0.2, 0) is 7.05 Å². The van der Waals surface area contributed by atoms with Gasteiger partial charge in [-0.05, 0) is 26.3 Å². The minimum atomic E-state index is -0.148. The third kappa shape index (κ3) is 3.94. The summed E-state index contributed by atoms with van der Waals surface area (Å²) in [6, 6.07) is 0.370. The van der Waals surface area contributed by atoms with Gasteiger partial charge in [-0.2, -0.15) is 5.10 Å². The van der Waals surface area contributed by atoms with Crippen LogP contribution >= 0.6 is 11.6 Å². The normalized spacial score (nSPS) is 12.8. The third-order valence-corrected chi connectivity index (χ3v) is 3.57. The van der Waals surface area contributed by atoms with Gasteiger partial charge in [0.05, 0.1) is 11.3 Å². The highest BCUT2D eigenvalue weighted by molar-refractivity contribution is 6.33. The maximum absolute atomic E-state index is 12.2. The zero-order valence-electron chi connectivity index (χ0n) is 12.2. The summed E-state index contributed by atoms with van der Waals surface area (Å²) in [7, 11) is 3.65. The van der Waals surface area contributed by atoms with Gasteiger partial charge < -0.3 is 10.6 Å². The Labute approximate surface area is 119 Å². The standard InChI is InChI=1S/C13H23ClN4O/c1-8(2)11-10(12(14)18(5)17-11)13(19)16-7-6-9(3)15-4/h8-9,15H,6-7H2,1-5H3,(H,16,19). The largest absolute Gasteiger partial charge is 0.352 e. The van der Waals surface area contributed by atoms with Gasteiger partial charge in [0, 0.05) is 19.6 Å². The summed E-state index contributed by atoms with van der Waals surface area (Å²) in [5, 5.41) is 10.7. The Kier molecular flexibility index (Phi) is 5.82. The molecule has 1 unspecified atom stereocenters. The van der Waals surface area contributed by atoms with E-state index in [1.807, 2.05) is 20.9 Å². The van der Waals surface area contributed by atoms with Gasteiger partial charge in [-0.15, -0.1) is 0 Å². The molecule has 0 aromatic carbocycles. The minimum Gasteiger partial charge on any atom is -0.352 e. The van der Waals surface area contributed by atoms with E-state index in [1.165, 1.54) is 0 Å². The number of carbonyl (C=O) groups is 1. The SMILES string of the molecule is CNC(C)CCNC(=O)c1c(C(C)C)nn(C)c1Cl. The van der Waals surface area contributed by atoms with Gasteiger partial charge in [0.25, 0.3) is 5.91 Å². The molecule has 6 heteroatoms. The number of rotatable bonds is 6. The van der Waals surface area contributed by atoms with Crippen molar-refractivity contribution in [3.63, 3.8) is 0 Å².